The van der Waals surface area contributed by atoms with Crippen LogP contribution in [0.5, 0.6) is 5.75 Å². The molecule has 2 rings (SSSR count). The Hall–Kier alpha value is -2.08. The Morgan fingerprint density at radius 1 is 1.19 bits per heavy atom. The lowest BCUT2D eigenvalue weighted by Gasteiger charge is -2.05. The van der Waals surface area contributed by atoms with Crippen molar-refractivity contribution in [2.24, 2.45) is 0 Å². The lowest BCUT2D eigenvalue weighted by atomic mass is 10.3. The highest BCUT2D eigenvalue weighted by molar-refractivity contribution is 7.84. The van der Waals surface area contributed by atoms with Crippen molar-refractivity contribution in [1.29, 1.82) is 0 Å². The van der Waals surface area contributed by atoms with Crippen molar-refractivity contribution in [2.75, 3.05) is 12.4 Å². The summed E-state index contributed by atoms with van der Waals surface area (Å²) in [7, 11) is -1.10. The summed E-state index contributed by atoms with van der Waals surface area (Å²) in [5, 5.41) is 8.73. The third-order valence-corrected chi connectivity index (χ3v) is 4.05. The van der Waals surface area contributed by atoms with Crippen LogP contribution in [0.1, 0.15) is 22.7 Å². The van der Waals surface area contributed by atoms with Gasteiger partial charge in [0.25, 0.3) is 0 Å². The zero-order chi connectivity index (χ0) is 15.1. The minimum atomic E-state index is -1.12. The van der Waals surface area contributed by atoms with Crippen LogP contribution in [0, 0.1) is 0 Å². The number of carboxylic acid groups (broad SMARTS) is 1. The van der Waals surface area contributed by atoms with E-state index < -0.39 is 16.8 Å². The van der Waals surface area contributed by atoms with E-state index in [0.29, 0.717) is 24.5 Å². The van der Waals surface area contributed by atoms with Gasteiger partial charge >= 0.3 is 5.97 Å². The van der Waals surface area contributed by atoms with E-state index in [1.807, 2.05) is 30.3 Å². The largest absolute Gasteiger partial charge is 0.494 e. The Balaban J connectivity index is 1.68. The Morgan fingerprint density at radius 2 is 1.95 bits per heavy atom. The van der Waals surface area contributed by atoms with E-state index in [2.05, 4.69) is 0 Å². The monoisotopic (exact) mass is 308 g/mol. The molecule has 0 saturated carbocycles. The number of ether oxygens (including phenoxy) is 1. The number of hydrogen-bond donors (Lipinski definition) is 1. The van der Waals surface area contributed by atoms with Crippen LogP contribution < -0.4 is 4.74 Å². The van der Waals surface area contributed by atoms with E-state index in [1.165, 1.54) is 6.07 Å². The first-order valence-corrected chi connectivity index (χ1v) is 7.99. The van der Waals surface area contributed by atoms with Gasteiger partial charge in [-0.25, -0.2) is 4.79 Å². The molecule has 1 unspecified atom stereocenters. The number of furan rings is 1. The second kappa shape index (κ2) is 7.64. The standard InChI is InChI=1S/C15H16O5S/c16-15(17)14-8-7-13(20-14)11-21(18)10-4-9-19-12-5-2-1-3-6-12/h1-3,5-8H,4,9-11H2,(H,16,17). The minimum Gasteiger partial charge on any atom is -0.494 e. The highest BCUT2D eigenvalue weighted by Gasteiger charge is 2.11. The van der Waals surface area contributed by atoms with Gasteiger partial charge in [0.15, 0.2) is 0 Å². The second-order valence-corrected chi connectivity index (χ2v) is 5.95. The third kappa shape index (κ3) is 5.07. The predicted molar refractivity (Wildman–Crippen MR) is 78.9 cm³/mol. The van der Waals surface area contributed by atoms with E-state index in [4.69, 9.17) is 14.3 Å². The molecule has 1 aromatic carbocycles. The molecule has 1 aromatic heterocycles. The van der Waals surface area contributed by atoms with E-state index in [-0.39, 0.29) is 11.5 Å². The summed E-state index contributed by atoms with van der Waals surface area (Å²) < 4.78 is 22.4. The first-order chi connectivity index (χ1) is 10.1. The van der Waals surface area contributed by atoms with E-state index in [9.17, 15) is 9.00 Å². The van der Waals surface area contributed by atoms with Gasteiger partial charge in [0, 0.05) is 16.6 Å². The summed E-state index contributed by atoms with van der Waals surface area (Å²) in [6, 6.07) is 12.3. The van der Waals surface area contributed by atoms with E-state index in [0.717, 1.165) is 5.75 Å². The molecular weight excluding hydrogens is 292 g/mol. The fraction of sp³-hybridized carbons (Fsp3) is 0.267. The van der Waals surface area contributed by atoms with Gasteiger partial charge in [-0.1, -0.05) is 18.2 Å². The maximum absolute atomic E-state index is 11.9. The molecule has 1 heterocycles. The zero-order valence-corrected chi connectivity index (χ0v) is 12.2. The Labute approximate surface area is 125 Å². The molecule has 1 atom stereocenters. The van der Waals surface area contributed by atoms with Crippen LogP contribution in [0.3, 0.4) is 0 Å². The number of rotatable bonds is 8. The lowest BCUT2D eigenvalue weighted by Crippen LogP contribution is -2.06. The van der Waals surface area contributed by atoms with Crippen molar-refractivity contribution < 1.29 is 23.3 Å². The molecule has 0 amide bonds. The average molecular weight is 308 g/mol. The summed E-state index contributed by atoms with van der Waals surface area (Å²) in [6.45, 7) is 0.494. The summed E-state index contributed by atoms with van der Waals surface area (Å²) in [5.74, 6) is 0.669. The average Bonchev–Trinajstić information content (AvgIpc) is 2.93. The molecular formula is C15H16O5S. The minimum absolute atomic E-state index is 0.130. The molecule has 5 nitrogen and oxygen atoms in total. The molecule has 0 saturated heterocycles. The highest BCUT2D eigenvalue weighted by Crippen LogP contribution is 2.11. The number of benzene rings is 1. The molecule has 1 N–H and O–H groups in total. The zero-order valence-electron chi connectivity index (χ0n) is 11.4. The van der Waals surface area contributed by atoms with Gasteiger partial charge in [0.2, 0.25) is 5.76 Å². The molecule has 6 heteroatoms. The van der Waals surface area contributed by atoms with Crippen LogP contribution in [0.2, 0.25) is 0 Å². The Bertz CT molecular complexity index is 606. The molecule has 2 aromatic rings. The van der Waals surface area contributed by atoms with Crippen molar-refractivity contribution >= 4 is 16.8 Å². The van der Waals surface area contributed by atoms with Gasteiger partial charge in [-0.05, 0) is 30.7 Å². The SMILES string of the molecule is O=C(O)c1ccc(CS(=O)CCCOc2ccccc2)o1. The van der Waals surface area contributed by atoms with Crippen LogP contribution in [-0.4, -0.2) is 27.6 Å². The smallest absolute Gasteiger partial charge is 0.371 e. The number of carbonyl (C=O) groups is 1. The highest BCUT2D eigenvalue weighted by atomic mass is 32.2. The second-order valence-electron chi connectivity index (χ2n) is 4.37. The third-order valence-electron chi connectivity index (χ3n) is 2.70. The number of aromatic carboxylic acids is 1. The Morgan fingerprint density at radius 3 is 2.62 bits per heavy atom. The topological polar surface area (TPSA) is 76.7 Å². The lowest BCUT2D eigenvalue weighted by molar-refractivity contribution is 0.0661. The maximum atomic E-state index is 11.9. The molecule has 0 spiro atoms. The normalized spacial score (nSPS) is 12.0. The first kappa shape index (κ1) is 15.3. The van der Waals surface area contributed by atoms with Crippen molar-refractivity contribution in [2.45, 2.75) is 12.2 Å². The molecule has 21 heavy (non-hydrogen) atoms. The van der Waals surface area contributed by atoms with Gasteiger partial charge < -0.3 is 14.3 Å². The van der Waals surface area contributed by atoms with Crippen molar-refractivity contribution in [3.63, 3.8) is 0 Å². The van der Waals surface area contributed by atoms with Crippen LogP contribution in [0.25, 0.3) is 0 Å². The molecule has 0 aliphatic carbocycles. The Kier molecular flexibility index (Phi) is 5.57. The molecule has 112 valence electrons. The summed E-state index contributed by atoms with van der Waals surface area (Å²) in [5.41, 5.74) is 0. The van der Waals surface area contributed by atoms with Crippen molar-refractivity contribution in [3.8, 4) is 5.75 Å². The number of carboxylic acids is 1. The molecule has 0 radical (unpaired) electrons. The maximum Gasteiger partial charge on any atom is 0.371 e. The van der Waals surface area contributed by atoms with Crippen LogP contribution in [0.15, 0.2) is 46.9 Å². The predicted octanol–water partition coefficient (Wildman–Crippen LogP) is 2.70. The molecule has 0 bridgehead atoms. The van der Waals surface area contributed by atoms with Gasteiger partial charge in [-0.3, -0.25) is 4.21 Å². The van der Waals surface area contributed by atoms with E-state index in [1.54, 1.807) is 6.07 Å². The molecule has 0 fully saturated rings. The molecule has 0 aliphatic heterocycles. The first-order valence-electron chi connectivity index (χ1n) is 6.50. The van der Waals surface area contributed by atoms with Gasteiger partial charge in [0.05, 0.1) is 12.4 Å². The quantitative estimate of drug-likeness (QED) is 0.759. The van der Waals surface area contributed by atoms with E-state index >= 15 is 0 Å². The number of hydrogen-bond acceptors (Lipinski definition) is 4. The van der Waals surface area contributed by atoms with Crippen LogP contribution in [0.4, 0.5) is 0 Å². The van der Waals surface area contributed by atoms with Crippen molar-refractivity contribution in [3.05, 3.63) is 54.0 Å². The van der Waals surface area contributed by atoms with Crippen LogP contribution in [-0.2, 0) is 16.6 Å². The van der Waals surface area contributed by atoms with Crippen molar-refractivity contribution in [1.82, 2.24) is 0 Å². The summed E-state index contributed by atoms with van der Waals surface area (Å²) in [6.07, 6.45) is 0.661. The summed E-state index contributed by atoms with van der Waals surface area (Å²) in [4.78, 5) is 10.7. The fourth-order valence-electron chi connectivity index (χ4n) is 1.73. The summed E-state index contributed by atoms with van der Waals surface area (Å²) >= 11 is 0. The number of para-hydroxylation sites is 1. The van der Waals surface area contributed by atoms with Gasteiger partial charge in [0.1, 0.15) is 11.5 Å². The van der Waals surface area contributed by atoms with Gasteiger partial charge in [-0.2, -0.15) is 0 Å². The fourth-order valence-corrected chi connectivity index (χ4v) is 2.78. The van der Waals surface area contributed by atoms with Gasteiger partial charge in [-0.15, -0.1) is 0 Å². The molecule has 0 aliphatic rings. The van der Waals surface area contributed by atoms with Crippen LogP contribution >= 0.6 is 0 Å².